The van der Waals surface area contributed by atoms with Gasteiger partial charge in [-0.05, 0) is 29.8 Å². The van der Waals surface area contributed by atoms with Crippen LogP contribution in [0.15, 0.2) is 35.2 Å². The van der Waals surface area contributed by atoms with E-state index in [-0.39, 0.29) is 16.4 Å². The van der Waals surface area contributed by atoms with E-state index in [1.54, 1.807) is 24.3 Å². The van der Waals surface area contributed by atoms with Gasteiger partial charge in [0.1, 0.15) is 10.6 Å². The van der Waals surface area contributed by atoms with Crippen molar-refractivity contribution in [3.63, 3.8) is 0 Å². The summed E-state index contributed by atoms with van der Waals surface area (Å²) in [5.74, 6) is -0.0669. The van der Waals surface area contributed by atoms with Crippen LogP contribution in [0.5, 0.6) is 5.75 Å². The summed E-state index contributed by atoms with van der Waals surface area (Å²) >= 11 is 0. The highest BCUT2D eigenvalue weighted by Crippen LogP contribution is 2.46. The predicted octanol–water partition coefficient (Wildman–Crippen LogP) is 3.17. The first-order valence-corrected chi connectivity index (χ1v) is 10.7. The van der Waals surface area contributed by atoms with Gasteiger partial charge < -0.3 is 9.72 Å². The Labute approximate surface area is 174 Å². The number of fused-ring (bicyclic) bond motifs is 4. The van der Waals surface area contributed by atoms with Crippen molar-refractivity contribution in [3.05, 3.63) is 58.3 Å². The maximum Gasteiger partial charge on any atom is 0.246 e. The van der Waals surface area contributed by atoms with E-state index < -0.39 is 15.4 Å². The maximum atomic E-state index is 13.5. The number of aromatic nitrogens is 1. The number of ketones is 1. The van der Waals surface area contributed by atoms with Crippen LogP contribution in [0.4, 0.5) is 0 Å². The van der Waals surface area contributed by atoms with Crippen molar-refractivity contribution in [2.24, 2.45) is 0 Å². The molecular weight excluding hydrogens is 402 g/mol. The Morgan fingerprint density at radius 2 is 1.87 bits per heavy atom. The molecule has 1 heterocycles. The standard InChI is InChI=1S/C22H21N3O4S/c1-22(2)15-10-17(29-5)18(30(27,28)25(3)4)9-14(15)20(26)19-13-7-6-12(11-23)8-16(13)24-21(19)22/h6-10,24H,1-5H3. The van der Waals surface area contributed by atoms with Gasteiger partial charge in [0.15, 0.2) is 5.78 Å². The number of nitriles is 1. The fourth-order valence-electron chi connectivity index (χ4n) is 4.06. The molecule has 0 unspecified atom stereocenters. The van der Waals surface area contributed by atoms with Gasteiger partial charge in [-0.3, -0.25) is 4.79 Å². The Balaban J connectivity index is 2.06. The van der Waals surface area contributed by atoms with Gasteiger partial charge in [-0.1, -0.05) is 19.9 Å². The Bertz CT molecular complexity index is 1380. The Morgan fingerprint density at radius 1 is 1.17 bits per heavy atom. The lowest BCUT2D eigenvalue weighted by atomic mass is 9.71. The molecule has 0 bridgehead atoms. The minimum absolute atomic E-state index is 0.0482. The van der Waals surface area contributed by atoms with E-state index in [1.165, 1.54) is 27.3 Å². The van der Waals surface area contributed by atoms with Gasteiger partial charge in [-0.15, -0.1) is 0 Å². The molecule has 0 saturated heterocycles. The summed E-state index contributed by atoms with van der Waals surface area (Å²) in [5, 5.41) is 9.91. The number of sulfonamides is 1. The molecule has 1 N–H and O–H groups in total. The molecule has 154 valence electrons. The quantitative estimate of drug-likeness (QED) is 0.697. The third-order valence-corrected chi connectivity index (χ3v) is 7.60. The molecule has 0 saturated carbocycles. The summed E-state index contributed by atoms with van der Waals surface area (Å²) in [6.45, 7) is 3.94. The van der Waals surface area contributed by atoms with E-state index in [0.717, 1.165) is 10.00 Å². The lowest BCUT2D eigenvalue weighted by Crippen LogP contribution is -2.31. The number of methoxy groups -OCH3 is 1. The third kappa shape index (κ3) is 2.59. The summed E-state index contributed by atoms with van der Waals surface area (Å²) < 4.78 is 32.2. The zero-order valence-corrected chi connectivity index (χ0v) is 18.1. The van der Waals surface area contributed by atoms with Gasteiger partial charge in [0.25, 0.3) is 0 Å². The normalized spacial score (nSPS) is 15.0. The summed E-state index contributed by atoms with van der Waals surface area (Å²) in [6, 6.07) is 10.3. The zero-order chi connectivity index (χ0) is 22.0. The Hall–Kier alpha value is -3.15. The molecule has 0 aliphatic heterocycles. The summed E-state index contributed by atoms with van der Waals surface area (Å²) in [6.07, 6.45) is 0. The molecule has 1 aromatic heterocycles. The van der Waals surface area contributed by atoms with Gasteiger partial charge in [0, 0.05) is 41.7 Å². The molecule has 1 aliphatic rings. The number of carbonyl (C=O) groups excluding carboxylic acids is 1. The number of ether oxygens (including phenoxy) is 1. The van der Waals surface area contributed by atoms with Crippen LogP contribution in [0, 0.1) is 11.3 Å². The van der Waals surface area contributed by atoms with Crippen LogP contribution < -0.4 is 4.74 Å². The largest absolute Gasteiger partial charge is 0.495 e. The lowest BCUT2D eigenvalue weighted by molar-refractivity contribution is 0.103. The Kier molecular flexibility index (Phi) is 4.31. The van der Waals surface area contributed by atoms with Crippen LogP contribution in [0.2, 0.25) is 0 Å². The number of rotatable bonds is 3. The second-order valence-corrected chi connectivity index (χ2v) is 10.2. The summed E-state index contributed by atoms with van der Waals surface area (Å²) in [4.78, 5) is 16.8. The average molecular weight is 423 g/mol. The van der Waals surface area contributed by atoms with E-state index >= 15 is 0 Å². The SMILES string of the molecule is COc1cc2c(cc1S(=O)(=O)N(C)C)C(=O)c1c([nH]c3cc(C#N)ccc13)C2(C)C. The van der Waals surface area contributed by atoms with E-state index in [1.807, 2.05) is 13.8 Å². The third-order valence-electron chi connectivity index (χ3n) is 5.76. The number of hydrogen-bond acceptors (Lipinski definition) is 5. The van der Waals surface area contributed by atoms with Crippen LogP contribution >= 0.6 is 0 Å². The van der Waals surface area contributed by atoms with Crippen LogP contribution in [-0.2, 0) is 15.4 Å². The summed E-state index contributed by atoms with van der Waals surface area (Å²) in [5.41, 5.74) is 2.82. The number of carbonyl (C=O) groups is 1. The minimum Gasteiger partial charge on any atom is -0.495 e. The van der Waals surface area contributed by atoms with Crippen molar-refractivity contribution in [3.8, 4) is 11.8 Å². The lowest BCUT2D eigenvalue weighted by Gasteiger charge is -2.33. The van der Waals surface area contributed by atoms with Gasteiger partial charge in [-0.25, -0.2) is 12.7 Å². The number of nitrogens with one attached hydrogen (secondary N) is 1. The molecule has 0 radical (unpaired) electrons. The zero-order valence-electron chi connectivity index (χ0n) is 17.3. The van der Waals surface area contributed by atoms with Gasteiger partial charge in [0.05, 0.1) is 24.3 Å². The first-order chi connectivity index (χ1) is 14.0. The number of H-pyrrole nitrogens is 1. The fraction of sp³-hybridized carbons (Fsp3) is 0.273. The van der Waals surface area contributed by atoms with Crippen molar-refractivity contribution in [1.29, 1.82) is 5.26 Å². The monoisotopic (exact) mass is 423 g/mol. The molecule has 4 rings (SSSR count). The molecule has 0 fully saturated rings. The molecule has 0 spiro atoms. The van der Waals surface area contributed by atoms with E-state index in [2.05, 4.69) is 11.1 Å². The molecule has 3 aromatic rings. The maximum absolute atomic E-state index is 13.5. The topological polar surface area (TPSA) is 103 Å². The highest BCUT2D eigenvalue weighted by molar-refractivity contribution is 7.89. The molecule has 0 amide bonds. The van der Waals surface area contributed by atoms with Crippen LogP contribution in [0.1, 0.15) is 46.6 Å². The highest BCUT2D eigenvalue weighted by Gasteiger charge is 2.41. The van der Waals surface area contributed by atoms with Crippen LogP contribution in [0.3, 0.4) is 0 Å². The summed E-state index contributed by atoms with van der Waals surface area (Å²) in [7, 11) is 0.462. The predicted molar refractivity (Wildman–Crippen MR) is 112 cm³/mol. The molecular formula is C22H21N3O4S. The van der Waals surface area contributed by atoms with Crippen molar-refractivity contribution < 1.29 is 17.9 Å². The number of nitrogens with zero attached hydrogens (tertiary/aromatic N) is 2. The van der Waals surface area contributed by atoms with Crippen molar-refractivity contribution in [2.45, 2.75) is 24.2 Å². The van der Waals surface area contributed by atoms with Crippen molar-refractivity contribution in [2.75, 3.05) is 21.2 Å². The molecule has 2 aromatic carbocycles. The first kappa shape index (κ1) is 20.1. The van der Waals surface area contributed by atoms with Crippen LogP contribution in [-0.4, -0.2) is 44.7 Å². The molecule has 7 nitrogen and oxygen atoms in total. The molecule has 1 aliphatic carbocycles. The number of aromatic amines is 1. The van der Waals surface area contributed by atoms with Crippen molar-refractivity contribution >= 4 is 26.7 Å². The first-order valence-electron chi connectivity index (χ1n) is 9.30. The van der Waals surface area contributed by atoms with Gasteiger partial charge >= 0.3 is 0 Å². The van der Waals surface area contributed by atoms with E-state index in [0.29, 0.717) is 33.2 Å². The minimum atomic E-state index is -3.82. The fourth-order valence-corrected chi connectivity index (χ4v) is 5.12. The average Bonchev–Trinajstić information content (AvgIpc) is 3.11. The van der Waals surface area contributed by atoms with E-state index in [9.17, 15) is 18.5 Å². The van der Waals surface area contributed by atoms with Gasteiger partial charge in [-0.2, -0.15) is 5.26 Å². The second-order valence-electron chi connectivity index (χ2n) is 8.04. The van der Waals surface area contributed by atoms with E-state index in [4.69, 9.17) is 4.74 Å². The van der Waals surface area contributed by atoms with Gasteiger partial charge in [0.2, 0.25) is 10.0 Å². The second kappa shape index (κ2) is 6.42. The molecule has 0 atom stereocenters. The number of benzene rings is 2. The van der Waals surface area contributed by atoms with Crippen molar-refractivity contribution in [1.82, 2.24) is 9.29 Å². The number of hydrogen-bond donors (Lipinski definition) is 1. The van der Waals surface area contributed by atoms with Crippen LogP contribution in [0.25, 0.3) is 10.9 Å². The smallest absolute Gasteiger partial charge is 0.246 e. The highest BCUT2D eigenvalue weighted by atomic mass is 32.2. The molecule has 30 heavy (non-hydrogen) atoms. The molecule has 8 heteroatoms. The Morgan fingerprint density at radius 3 is 2.47 bits per heavy atom.